The van der Waals surface area contributed by atoms with E-state index in [2.05, 4.69) is 15.9 Å². The largest absolute Gasteiger partial charge is 0.382 e. The molecule has 5 heteroatoms. The van der Waals surface area contributed by atoms with E-state index in [9.17, 15) is 0 Å². The smallest absolute Gasteiger partial charge is 0.0729 e. The Morgan fingerprint density at radius 2 is 1.32 bits per heavy atom. The lowest BCUT2D eigenvalue weighted by Gasteiger charge is -2.11. The Morgan fingerprint density at radius 3 is 1.74 bits per heavy atom. The minimum Gasteiger partial charge on any atom is -0.382 e. The van der Waals surface area contributed by atoms with Crippen LogP contribution in [0.1, 0.15) is 11.1 Å². The molecule has 0 N–H and O–H groups in total. The highest BCUT2D eigenvalue weighted by molar-refractivity contribution is 9.10. The first-order valence-electron chi connectivity index (χ1n) is 6.19. The first-order valence-corrected chi connectivity index (χ1v) is 6.98. The van der Waals surface area contributed by atoms with E-state index >= 15 is 0 Å². The Bertz CT molecular complexity index is 327. The maximum absolute atomic E-state index is 5.52. The monoisotopic (exact) mass is 332 g/mol. The van der Waals surface area contributed by atoms with E-state index in [1.807, 2.05) is 18.2 Å². The van der Waals surface area contributed by atoms with Gasteiger partial charge >= 0.3 is 0 Å². The number of hydrogen-bond donors (Lipinski definition) is 0. The highest BCUT2D eigenvalue weighted by atomic mass is 79.9. The van der Waals surface area contributed by atoms with Crippen LogP contribution in [-0.2, 0) is 32.2 Å². The molecule has 19 heavy (non-hydrogen) atoms. The molecule has 0 aliphatic carbocycles. The second-order valence-electron chi connectivity index (χ2n) is 3.98. The van der Waals surface area contributed by atoms with Gasteiger partial charge in [-0.25, -0.2) is 0 Å². The zero-order valence-electron chi connectivity index (χ0n) is 11.5. The highest BCUT2D eigenvalue weighted by Gasteiger charge is 2.06. The summed E-state index contributed by atoms with van der Waals surface area (Å²) in [4.78, 5) is 0. The zero-order valence-corrected chi connectivity index (χ0v) is 13.1. The number of ether oxygens (including phenoxy) is 4. The molecule has 0 fully saturated rings. The van der Waals surface area contributed by atoms with Crippen molar-refractivity contribution in [1.29, 1.82) is 0 Å². The first kappa shape index (κ1) is 16.6. The maximum atomic E-state index is 5.52. The Balaban J connectivity index is 2.44. The molecule has 1 aromatic rings. The molecule has 1 rings (SSSR count). The van der Waals surface area contributed by atoms with Gasteiger partial charge < -0.3 is 18.9 Å². The van der Waals surface area contributed by atoms with Gasteiger partial charge in [-0.3, -0.25) is 0 Å². The fourth-order valence-electron chi connectivity index (χ4n) is 1.50. The van der Waals surface area contributed by atoms with Crippen molar-refractivity contribution < 1.29 is 18.9 Å². The second kappa shape index (κ2) is 10.3. The number of benzene rings is 1. The molecule has 0 atom stereocenters. The van der Waals surface area contributed by atoms with Crippen molar-refractivity contribution in [3.8, 4) is 0 Å². The minimum atomic E-state index is 0.565. The van der Waals surface area contributed by atoms with Crippen LogP contribution in [0.15, 0.2) is 22.7 Å². The summed E-state index contributed by atoms with van der Waals surface area (Å²) in [5.74, 6) is 0. The summed E-state index contributed by atoms with van der Waals surface area (Å²) >= 11 is 3.60. The van der Waals surface area contributed by atoms with Crippen molar-refractivity contribution >= 4 is 15.9 Å². The molecule has 0 bridgehead atoms. The van der Waals surface area contributed by atoms with Gasteiger partial charge in [0.2, 0.25) is 0 Å². The van der Waals surface area contributed by atoms with E-state index in [-0.39, 0.29) is 0 Å². The van der Waals surface area contributed by atoms with Crippen molar-refractivity contribution in [2.75, 3.05) is 40.6 Å². The lowest BCUT2D eigenvalue weighted by Crippen LogP contribution is -2.05. The molecule has 0 heterocycles. The third kappa shape index (κ3) is 6.49. The van der Waals surface area contributed by atoms with Crippen LogP contribution in [0.25, 0.3) is 0 Å². The molecule has 0 spiro atoms. The molecule has 1 aromatic carbocycles. The van der Waals surface area contributed by atoms with Crippen LogP contribution in [-0.4, -0.2) is 40.6 Å². The maximum Gasteiger partial charge on any atom is 0.0729 e. The molecular formula is C14H21BrO4. The summed E-state index contributed by atoms with van der Waals surface area (Å²) in [6.45, 7) is 3.54. The van der Waals surface area contributed by atoms with Gasteiger partial charge in [0.15, 0.2) is 0 Å². The topological polar surface area (TPSA) is 36.9 Å². The van der Waals surface area contributed by atoms with Gasteiger partial charge in [0.05, 0.1) is 39.6 Å². The molecule has 0 radical (unpaired) electrons. The van der Waals surface area contributed by atoms with Crippen LogP contribution in [0.5, 0.6) is 0 Å². The van der Waals surface area contributed by atoms with E-state index in [0.29, 0.717) is 39.6 Å². The first-order chi connectivity index (χ1) is 9.29. The zero-order chi connectivity index (χ0) is 13.9. The predicted octanol–water partition coefficient (Wildman–Crippen LogP) is 2.78. The van der Waals surface area contributed by atoms with Crippen molar-refractivity contribution in [3.05, 3.63) is 33.8 Å². The van der Waals surface area contributed by atoms with Crippen molar-refractivity contribution in [1.82, 2.24) is 0 Å². The third-order valence-electron chi connectivity index (χ3n) is 2.54. The Morgan fingerprint density at radius 1 is 0.842 bits per heavy atom. The number of methoxy groups -OCH3 is 2. The van der Waals surface area contributed by atoms with E-state index in [1.54, 1.807) is 14.2 Å². The normalized spacial score (nSPS) is 10.9. The van der Waals surface area contributed by atoms with Crippen molar-refractivity contribution in [2.24, 2.45) is 0 Å². The summed E-state index contributed by atoms with van der Waals surface area (Å²) in [6, 6.07) is 6.08. The SMILES string of the molecule is COCCOCc1cccc(COCCOC)c1Br. The van der Waals surface area contributed by atoms with Crippen LogP contribution < -0.4 is 0 Å². The Hall–Kier alpha value is -0.460. The van der Waals surface area contributed by atoms with Gasteiger partial charge in [-0.2, -0.15) is 0 Å². The van der Waals surface area contributed by atoms with Crippen LogP contribution in [0, 0.1) is 0 Å². The molecular weight excluding hydrogens is 312 g/mol. The Labute approximate surface area is 123 Å². The summed E-state index contributed by atoms with van der Waals surface area (Å²) in [5, 5.41) is 0. The molecule has 0 saturated heterocycles. The van der Waals surface area contributed by atoms with Gasteiger partial charge in [0.25, 0.3) is 0 Å². The van der Waals surface area contributed by atoms with Gasteiger partial charge in [0, 0.05) is 18.7 Å². The summed E-state index contributed by atoms with van der Waals surface area (Å²) in [6.07, 6.45) is 0. The number of rotatable bonds is 10. The number of hydrogen-bond acceptors (Lipinski definition) is 4. The minimum absolute atomic E-state index is 0.565. The van der Waals surface area contributed by atoms with Crippen LogP contribution in [0.2, 0.25) is 0 Å². The third-order valence-corrected chi connectivity index (χ3v) is 3.56. The summed E-state index contributed by atoms with van der Waals surface area (Å²) < 4.78 is 22.0. The van der Waals surface area contributed by atoms with Gasteiger partial charge in [-0.05, 0) is 11.1 Å². The van der Waals surface area contributed by atoms with Gasteiger partial charge in [-0.1, -0.05) is 34.1 Å². The standard InChI is InChI=1S/C14H21BrO4/c1-16-6-8-18-10-12-4-3-5-13(14(12)15)11-19-9-7-17-2/h3-5H,6-11H2,1-2H3. The average molecular weight is 333 g/mol. The summed E-state index contributed by atoms with van der Waals surface area (Å²) in [7, 11) is 3.33. The molecule has 0 amide bonds. The average Bonchev–Trinajstić information content (AvgIpc) is 2.43. The highest BCUT2D eigenvalue weighted by Crippen LogP contribution is 2.23. The molecule has 108 valence electrons. The van der Waals surface area contributed by atoms with Gasteiger partial charge in [-0.15, -0.1) is 0 Å². The molecule has 4 nitrogen and oxygen atoms in total. The molecule has 0 aromatic heterocycles. The van der Waals surface area contributed by atoms with Crippen LogP contribution >= 0.6 is 15.9 Å². The lowest BCUT2D eigenvalue weighted by molar-refractivity contribution is 0.0589. The quantitative estimate of drug-likeness (QED) is 0.617. The second-order valence-corrected chi connectivity index (χ2v) is 4.77. The molecule has 0 aliphatic heterocycles. The van der Waals surface area contributed by atoms with Crippen molar-refractivity contribution in [3.63, 3.8) is 0 Å². The summed E-state index contributed by atoms with van der Waals surface area (Å²) in [5.41, 5.74) is 2.23. The van der Waals surface area contributed by atoms with E-state index in [4.69, 9.17) is 18.9 Å². The van der Waals surface area contributed by atoms with E-state index < -0.39 is 0 Å². The van der Waals surface area contributed by atoms with Crippen LogP contribution in [0.3, 0.4) is 0 Å². The van der Waals surface area contributed by atoms with E-state index in [0.717, 1.165) is 15.6 Å². The lowest BCUT2D eigenvalue weighted by atomic mass is 10.1. The van der Waals surface area contributed by atoms with Crippen molar-refractivity contribution in [2.45, 2.75) is 13.2 Å². The van der Waals surface area contributed by atoms with E-state index in [1.165, 1.54) is 0 Å². The fourth-order valence-corrected chi connectivity index (χ4v) is 2.00. The molecule has 0 unspecified atom stereocenters. The fraction of sp³-hybridized carbons (Fsp3) is 0.571. The molecule has 0 saturated carbocycles. The predicted molar refractivity (Wildman–Crippen MR) is 77.2 cm³/mol. The van der Waals surface area contributed by atoms with Crippen LogP contribution in [0.4, 0.5) is 0 Å². The van der Waals surface area contributed by atoms with Gasteiger partial charge in [0.1, 0.15) is 0 Å². The Kier molecular flexibility index (Phi) is 9.03. The molecule has 0 aliphatic rings. The number of halogens is 1.